The number of aliphatic carboxylic acids is 1. The standard InChI is InChI=1S/C30H48O5/c1-26(2)13-17-19-7-8-22-27(3)11-10-23(33)28(4,16-31)21(27)9-12-29(22,5)30(19,6)15-20(32)24(17)18(14-26)25(34)35/h7,17-18,20-24,31-33H,8-16H2,1-6H3,(H,34,35)/t17?,18-,20?,21?,22?,23-,24?,27-,28-,29+,30+/m0/s1. The lowest BCUT2D eigenvalue weighted by Gasteiger charge is -2.71. The first kappa shape index (κ1) is 25.7. The number of hydrogen-bond donors (Lipinski definition) is 4. The van der Waals surface area contributed by atoms with Gasteiger partial charge >= 0.3 is 5.97 Å². The minimum absolute atomic E-state index is 0.00669. The van der Waals surface area contributed by atoms with Crippen molar-refractivity contribution in [2.24, 2.45) is 56.7 Å². The summed E-state index contributed by atoms with van der Waals surface area (Å²) in [5.74, 6) is -0.647. The predicted molar refractivity (Wildman–Crippen MR) is 135 cm³/mol. The molecule has 35 heavy (non-hydrogen) atoms. The number of carbonyl (C=O) groups is 1. The van der Waals surface area contributed by atoms with E-state index in [-0.39, 0.29) is 46.0 Å². The zero-order valence-electron chi connectivity index (χ0n) is 22.7. The molecule has 0 heterocycles. The van der Waals surface area contributed by atoms with Gasteiger partial charge in [-0.15, -0.1) is 0 Å². The van der Waals surface area contributed by atoms with Gasteiger partial charge in [-0.3, -0.25) is 4.79 Å². The Morgan fingerprint density at radius 2 is 1.66 bits per heavy atom. The van der Waals surface area contributed by atoms with Crippen molar-refractivity contribution in [2.45, 2.75) is 105 Å². The lowest BCUT2D eigenvalue weighted by atomic mass is 9.34. The molecule has 0 aromatic carbocycles. The lowest BCUT2D eigenvalue weighted by Crippen LogP contribution is -2.66. The Morgan fingerprint density at radius 1 is 0.971 bits per heavy atom. The Kier molecular flexibility index (Phi) is 5.73. The second-order valence-corrected chi connectivity index (χ2v) is 15.0. The first-order valence-electron chi connectivity index (χ1n) is 14.0. The zero-order chi connectivity index (χ0) is 25.8. The molecule has 5 rings (SSSR count). The van der Waals surface area contributed by atoms with Crippen LogP contribution in [0.5, 0.6) is 0 Å². The molecule has 4 N–H and O–H groups in total. The maximum Gasteiger partial charge on any atom is 0.306 e. The summed E-state index contributed by atoms with van der Waals surface area (Å²) in [6.07, 6.45) is 8.28. The predicted octanol–water partition coefficient (Wildman–Crippen LogP) is 5.03. The van der Waals surface area contributed by atoms with Gasteiger partial charge in [-0.1, -0.05) is 53.2 Å². The summed E-state index contributed by atoms with van der Waals surface area (Å²) in [7, 11) is 0. The van der Waals surface area contributed by atoms with Crippen molar-refractivity contribution in [1.29, 1.82) is 0 Å². The molecule has 4 saturated carbocycles. The fourth-order valence-electron chi connectivity index (χ4n) is 11.0. The van der Waals surface area contributed by atoms with E-state index in [4.69, 9.17) is 0 Å². The van der Waals surface area contributed by atoms with Crippen LogP contribution in [0.4, 0.5) is 0 Å². The number of carboxylic acids is 1. The number of fused-ring (bicyclic) bond motifs is 7. The van der Waals surface area contributed by atoms with Crippen molar-refractivity contribution in [3.8, 4) is 0 Å². The number of rotatable bonds is 2. The van der Waals surface area contributed by atoms with Gasteiger partial charge in [0.1, 0.15) is 0 Å². The fraction of sp³-hybridized carbons (Fsp3) is 0.900. The van der Waals surface area contributed by atoms with Gasteiger partial charge in [-0.25, -0.2) is 0 Å². The van der Waals surface area contributed by atoms with E-state index in [2.05, 4.69) is 47.6 Å². The van der Waals surface area contributed by atoms with E-state index in [1.807, 2.05) is 0 Å². The Labute approximate surface area is 211 Å². The van der Waals surface area contributed by atoms with Crippen LogP contribution in [-0.4, -0.2) is 45.2 Å². The van der Waals surface area contributed by atoms with Crippen molar-refractivity contribution < 1.29 is 25.2 Å². The molecule has 11 atom stereocenters. The summed E-state index contributed by atoms with van der Waals surface area (Å²) in [5.41, 5.74) is 0.727. The summed E-state index contributed by atoms with van der Waals surface area (Å²) in [4.78, 5) is 12.3. The summed E-state index contributed by atoms with van der Waals surface area (Å²) >= 11 is 0. The Morgan fingerprint density at radius 3 is 2.29 bits per heavy atom. The van der Waals surface area contributed by atoms with Gasteiger partial charge in [-0.05, 0) is 90.8 Å². The van der Waals surface area contributed by atoms with E-state index in [1.165, 1.54) is 5.57 Å². The number of carboxylic acid groups (broad SMARTS) is 1. The first-order valence-corrected chi connectivity index (χ1v) is 14.0. The van der Waals surface area contributed by atoms with Gasteiger partial charge in [0.15, 0.2) is 0 Å². The average molecular weight is 489 g/mol. The summed E-state index contributed by atoms with van der Waals surface area (Å²) in [6.45, 7) is 13.7. The Hall–Kier alpha value is -0.910. The van der Waals surface area contributed by atoms with E-state index in [0.717, 1.165) is 38.5 Å². The minimum Gasteiger partial charge on any atom is -0.481 e. The topological polar surface area (TPSA) is 98.0 Å². The molecule has 0 aromatic rings. The van der Waals surface area contributed by atoms with Crippen LogP contribution in [0.3, 0.4) is 0 Å². The normalized spacial score (nSPS) is 55.0. The van der Waals surface area contributed by atoms with Crippen molar-refractivity contribution in [2.75, 3.05) is 6.61 Å². The first-order chi connectivity index (χ1) is 16.1. The number of allylic oxidation sites excluding steroid dienone is 2. The molecule has 4 fully saturated rings. The average Bonchev–Trinajstić information content (AvgIpc) is 2.76. The molecule has 5 aliphatic carbocycles. The van der Waals surface area contributed by atoms with Crippen LogP contribution in [0, 0.1) is 56.7 Å². The minimum atomic E-state index is -0.756. The molecule has 0 radical (unpaired) electrons. The molecule has 0 aromatic heterocycles. The molecule has 0 amide bonds. The maximum absolute atomic E-state index is 12.3. The van der Waals surface area contributed by atoms with Crippen LogP contribution in [-0.2, 0) is 4.79 Å². The quantitative estimate of drug-likeness (QED) is 0.409. The molecule has 5 heteroatoms. The van der Waals surface area contributed by atoms with Crippen LogP contribution in [0.1, 0.15) is 92.9 Å². The third-order valence-electron chi connectivity index (χ3n) is 12.9. The van der Waals surface area contributed by atoms with Gasteiger partial charge in [0, 0.05) is 11.3 Å². The van der Waals surface area contributed by atoms with Crippen molar-refractivity contribution >= 4 is 5.97 Å². The van der Waals surface area contributed by atoms with Crippen molar-refractivity contribution in [3.63, 3.8) is 0 Å². The zero-order valence-corrected chi connectivity index (χ0v) is 22.7. The van der Waals surface area contributed by atoms with Crippen LogP contribution in [0.15, 0.2) is 11.6 Å². The summed E-state index contributed by atoms with van der Waals surface area (Å²) < 4.78 is 0. The van der Waals surface area contributed by atoms with Crippen molar-refractivity contribution in [3.05, 3.63) is 11.6 Å². The molecule has 5 unspecified atom stereocenters. The van der Waals surface area contributed by atoms with Gasteiger partial charge < -0.3 is 20.4 Å². The number of hydrogen-bond acceptors (Lipinski definition) is 4. The van der Waals surface area contributed by atoms with Gasteiger partial charge in [0.05, 0.1) is 24.7 Å². The third-order valence-corrected chi connectivity index (χ3v) is 12.9. The van der Waals surface area contributed by atoms with E-state index < -0.39 is 29.5 Å². The fourth-order valence-corrected chi connectivity index (χ4v) is 11.0. The van der Waals surface area contributed by atoms with E-state index >= 15 is 0 Å². The number of aliphatic hydroxyl groups excluding tert-OH is 3. The largest absolute Gasteiger partial charge is 0.481 e. The summed E-state index contributed by atoms with van der Waals surface area (Å²) in [5, 5.41) is 43.0. The molecule has 0 bridgehead atoms. The maximum atomic E-state index is 12.3. The smallest absolute Gasteiger partial charge is 0.306 e. The molecular weight excluding hydrogens is 440 g/mol. The second kappa shape index (κ2) is 7.80. The molecular formula is C30H48O5. The lowest BCUT2D eigenvalue weighted by molar-refractivity contribution is -0.220. The summed E-state index contributed by atoms with van der Waals surface area (Å²) in [6, 6.07) is 0. The van der Waals surface area contributed by atoms with Crippen LogP contribution in [0.25, 0.3) is 0 Å². The highest BCUT2D eigenvalue weighted by Gasteiger charge is 2.69. The monoisotopic (exact) mass is 488 g/mol. The molecule has 0 saturated heterocycles. The number of aliphatic hydroxyl groups is 3. The molecule has 5 nitrogen and oxygen atoms in total. The Balaban J connectivity index is 1.59. The van der Waals surface area contributed by atoms with Crippen LogP contribution in [0.2, 0.25) is 0 Å². The highest BCUT2D eigenvalue weighted by Crippen LogP contribution is 2.74. The Bertz CT molecular complexity index is 926. The van der Waals surface area contributed by atoms with E-state index in [1.54, 1.807) is 0 Å². The van der Waals surface area contributed by atoms with E-state index in [0.29, 0.717) is 18.8 Å². The molecule has 5 aliphatic rings. The second-order valence-electron chi connectivity index (χ2n) is 15.0. The van der Waals surface area contributed by atoms with Gasteiger partial charge in [0.2, 0.25) is 0 Å². The molecule has 198 valence electrons. The highest BCUT2D eigenvalue weighted by molar-refractivity contribution is 5.71. The SMILES string of the molecule is CC1(C)CC2C3=CCC4[C@@]5(C)CC[C@H](O)[C@@](C)(CO)C5CC[C@@]4(C)[C@]3(C)CC(O)C2[C@@H](C(=O)O)C1. The van der Waals surface area contributed by atoms with Gasteiger partial charge in [0.25, 0.3) is 0 Å². The third kappa shape index (κ3) is 3.26. The van der Waals surface area contributed by atoms with Crippen LogP contribution >= 0.6 is 0 Å². The van der Waals surface area contributed by atoms with Gasteiger partial charge in [-0.2, -0.15) is 0 Å². The highest BCUT2D eigenvalue weighted by atomic mass is 16.4. The molecule has 0 spiro atoms. The van der Waals surface area contributed by atoms with Crippen molar-refractivity contribution in [1.82, 2.24) is 0 Å². The molecule has 0 aliphatic heterocycles. The van der Waals surface area contributed by atoms with E-state index in [9.17, 15) is 25.2 Å². The van der Waals surface area contributed by atoms with Crippen LogP contribution < -0.4 is 0 Å².